The summed E-state index contributed by atoms with van der Waals surface area (Å²) in [5, 5.41) is 2.96. The second kappa shape index (κ2) is 7.52. The Morgan fingerprint density at radius 1 is 1.09 bits per heavy atom. The van der Waals surface area contributed by atoms with Crippen LogP contribution in [-0.4, -0.2) is 37.3 Å². The minimum Gasteiger partial charge on any atom is -0.314 e. The third-order valence-corrected chi connectivity index (χ3v) is 3.40. The summed E-state index contributed by atoms with van der Waals surface area (Å²) in [6.07, 6.45) is -5.92. The summed E-state index contributed by atoms with van der Waals surface area (Å²) in [6, 6.07) is -0.477. The van der Waals surface area contributed by atoms with Gasteiger partial charge in [0.2, 0.25) is 0 Å². The van der Waals surface area contributed by atoms with Crippen molar-refractivity contribution in [1.29, 1.82) is 0 Å². The van der Waals surface area contributed by atoms with Gasteiger partial charge in [0.25, 0.3) is 0 Å². The van der Waals surface area contributed by atoms with Crippen molar-refractivity contribution in [2.75, 3.05) is 26.2 Å². The van der Waals surface area contributed by atoms with Gasteiger partial charge in [0.15, 0.2) is 11.6 Å². The molecule has 0 saturated carbocycles. The molecular formula is C13H15ClF6N2. The van der Waals surface area contributed by atoms with Crippen molar-refractivity contribution >= 4 is 12.4 Å². The highest BCUT2D eigenvalue weighted by molar-refractivity contribution is 5.85. The molecule has 1 aliphatic rings. The molecule has 1 heterocycles. The van der Waals surface area contributed by atoms with Crippen LogP contribution in [0.5, 0.6) is 0 Å². The molecule has 1 atom stereocenters. The Kier molecular flexibility index (Phi) is 6.51. The van der Waals surface area contributed by atoms with Crippen molar-refractivity contribution in [1.82, 2.24) is 10.2 Å². The molecule has 1 aromatic rings. The summed E-state index contributed by atoms with van der Waals surface area (Å²) < 4.78 is 78.5. The highest BCUT2D eigenvalue weighted by Crippen LogP contribution is 2.36. The van der Waals surface area contributed by atoms with Gasteiger partial charge in [-0.15, -0.1) is 12.4 Å². The van der Waals surface area contributed by atoms with Gasteiger partial charge >= 0.3 is 6.18 Å². The molecule has 1 N–H and O–H groups in total. The number of alkyl halides is 3. The minimum atomic E-state index is -4.56. The van der Waals surface area contributed by atoms with E-state index in [0.717, 1.165) is 0 Å². The van der Waals surface area contributed by atoms with Gasteiger partial charge in [-0.05, 0) is 6.07 Å². The number of piperazine rings is 1. The minimum absolute atomic E-state index is 0. The quantitative estimate of drug-likeness (QED) is 0.665. The predicted molar refractivity (Wildman–Crippen MR) is 71.4 cm³/mol. The largest absolute Gasteiger partial charge is 0.390 e. The Bertz CT molecular complexity index is 502. The molecule has 126 valence electrons. The Labute approximate surface area is 129 Å². The topological polar surface area (TPSA) is 15.3 Å². The van der Waals surface area contributed by atoms with Gasteiger partial charge in [0.05, 0.1) is 6.42 Å². The van der Waals surface area contributed by atoms with E-state index in [4.69, 9.17) is 0 Å². The summed E-state index contributed by atoms with van der Waals surface area (Å²) in [6.45, 7) is 1.37. The molecule has 1 aliphatic heterocycles. The first-order valence-electron chi connectivity index (χ1n) is 6.44. The zero-order valence-corrected chi connectivity index (χ0v) is 12.2. The molecule has 0 unspecified atom stereocenters. The molecule has 2 nitrogen and oxygen atoms in total. The van der Waals surface area contributed by atoms with Crippen molar-refractivity contribution in [3.8, 4) is 0 Å². The van der Waals surface area contributed by atoms with Gasteiger partial charge in [0, 0.05) is 43.9 Å². The molecule has 22 heavy (non-hydrogen) atoms. The van der Waals surface area contributed by atoms with Crippen LogP contribution < -0.4 is 5.32 Å². The number of rotatable bonds is 3. The van der Waals surface area contributed by atoms with E-state index in [-0.39, 0.29) is 25.5 Å². The van der Waals surface area contributed by atoms with Crippen LogP contribution in [0.4, 0.5) is 26.3 Å². The Hall–Kier alpha value is -0.990. The summed E-state index contributed by atoms with van der Waals surface area (Å²) >= 11 is 0. The molecule has 2 rings (SSSR count). The van der Waals surface area contributed by atoms with Gasteiger partial charge in [0.1, 0.15) is 5.82 Å². The first-order valence-corrected chi connectivity index (χ1v) is 6.44. The lowest BCUT2D eigenvalue weighted by molar-refractivity contribution is -0.149. The lowest BCUT2D eigenvalue weighted by Crippen LogP contribution is -2.46. The lowest BCUT2D eigenvalue weighted by atomic mass is 9.99. The molecule has 1 aromatic carbocycles. The van der Waals surface area contributed by atoms with E-state index in [1.807, 2.05) is 0 Å². The molecule has 0 amide bonds. The summed E-state index contributed by atoms with van der Waals surface area (Å²) in [5.41, 5.74) is -0.591. The lowest BCUT2D eigenvalue weighted by Gasteiger charge is -2.35. The molecule has 1 saturated heterocycles. The van der Waals surface area contributed by atoms with Crippen LogP contribution in [0, 0.1) is 17.5 Å². The zero-order chi connectivity index (χ0) is 15.6. The molecule has 0 aliphatic carbocycles. The maximum atomic E-state index is 13.8. The summed E-state index contributed by atoms with van der Waals surface area (Å²) in [7, 11) is 0. The van der Waals surface area contributed by atoms with Crippen molar-refractivity contribution in [2.24, 2.45) is 0 Å². The van der Waals surface area contributed by atoms with Gasteiger partial charge in [-0.3, -0.25) is 4.90 Å². The first-order chi connectivity index (χ1) is 9.78. The molecule has 0 aromatic heterocycles. The Balaban J connectivity index is 0.00000242. The highest BCUT2D eigenvalue weighted by atomic mass is 35.5. The van der Waals surface area contributed by atoms with Crippen molar-refractivity contribution in [2.45, 2.75) is 18.6 Å². The van der Waals surface area contributed by atoms with Crippen LogP contribution in [0.25, 0.3) is 0 Å². The Morgan fingerprint density at radius 3 is 2.23 bits per heavy atom. The zero-order valence-electron chi connectivity index (χ0n) is 11.4. The predicted octanol–water partition coefficient (Wildman–Crippen LogP) is 3.42. The maximum Gasteiger partial charge on any atom is 0.390 e. The van der Waals surface area contributed by atoms with Crippen molar-refractivity contribution in [3.05, 3.63) is 35.1 Å². The fourth-order valence-corrected chi connectivity index (χ4v) is 2.47. The SMILES string of the molecule is Cl.Fc1cc(F)c(F)c([C@@H](CC(F)(F)F)N2CCNCC2)c1. The van der Waals surface area contributed by atoms with Crippen LogP contribution in [0.3, 0.4) is 0 Å². The van der Waals surface area contributed by atoms with Crippen LogP contribution in [0.1, 0.15) is 18.0 Å². The van der Waals surface area contributed by atoms with E-state index < -0.39 is 41.7 Å². The average molecular weight is 349 g/mol. The van der Waals surface area contributed by atoms with Crippen molar-refractivity contribution < 1.29 is 26.3 Å². The number of nitrogens with zero attached hydrogens (tertiary/aromatic N) is 1. The third-order valence-electron chi connectivity index (χ3n) is 3.40. The number of hydrogen-bond donors (Lipinski definition) is 1. The average Bonchev–Trinajstić information content (AvgIpc) is 2.40. The summed E-state index contributed by atoms with van der Waals surface area (Å²) in [5.74, 6) is -4.00. The maximum absolute atomic E-state index is 13.8. The monoisotopic (exact) mass is 348 g/mol. The number of hydrogen-bond acceptors (Lipinski definition) is 2. The van der Waals surface area contributed by atoms with E-state index >= 15 is 0 Å². The second-order valence-electron chi connectivity index (χ2n) is 4.91. The smallest absolute Gasteiger partial charge is 0.314 e. The molecule has 0 bridgehead atoms. The fourth-order valence-electron chi connectivity index (χ4n) is 2.47. The van der Waals surface area contributed by atoms with Crippen LogP contribution in [0.2, 0.25) is 0 Å². The van der Waals surface area contributed by atoms with Gasteiger partial charge in [-0.2, -0.15) is 13.2 Å². The molecule has 1 fully saturated rings. The standard InChI is InChI=1S/C13H14F6N2.ClH/c14-8-5-9(12(16)10(15)6-8)11(7-13(17,18)19)21-3-1-20-2-4-21;/h5-6,11,20H,1-4,7H2;1H/t11-;/m1./s1. The molecular weight excluding hydrogens is 334 g/mol. The van der Waals surface area contributed by atoms with Crippen molar-refractivity contribution in [3.63, 3.8) is 0 Å². The van der Waals surface area contributed by atoms with E-state index in [1.165, 1.54) is 4.90 Å². The van der Waals surface area contributed by atoms with Crippen LogP contribution >= 0.6 is 12.4 Å². The van der Waals surface area contributed by atoms with E-state index in [2.05, 4.69) is 5.32 Å². The van der Waals surface area contributed by atoms with E-state index in [1.54, 1.807) is 0 Å². The number of halogens is 7. The van der Waals surface area contributed by atoms with Gasteiger partial charge in [-0.25, -0.2) is 13.2 Å². The van der Waals surface area contributed by atoms with E-state index in [9.17, 15) is 26.3 Å². The number of benzene rings is 1. The number of nitrogens with one attached hydrogen (secondary N) is 1. The molecule has 0 spiro atoms. The van der Waals surface area contributed by atoms with Gasteiger partial charge in [-0.1, -0.05) is 0 Å². The summed E-state index contributed by atoms with van der Waals surface area (Å²) in [4.78, 5) is 1.39. The van der Waals surface area contributed by atoms with E-state index in [0.29, 0.717) is 25.2 Å². The highest BCUT2D eigenvalue weighted by Gasteiger charge is 2.37. The van der Waals surface area contributed by atoms with Gasteiger partial charge < -0.3 is 5.32 Å². The Morgan fingerprint density at radius 2 is 1.68 bits per heavy atom. The fraction of sp³-hybridized carbons (Fsp3) is 0.538. The molecule has 0 radical (unpaired) electrons. The molecule has 9 heteroatoms. The first kappa shape index (κ1) is 19.1. The normalized spacial score (nSPS) is 17.9. The van der Waals surface area contributed by atoms with Crippen LogP contribution in [-0.2, 0) is 0 Å². The second-order valence-corrected chi connectivity index (χ2v) is 4.91. The third kappa shape index (κ3) is 4.76. The van der Waals surface area contributed by atoms with Crippen LogP contribution in [0.15, 0.2) is 12.1 Å².